The molecule has 0 aliphatic carbocycles. The quantitative estimate of drug-likeness (QED) is 0.0733. The zero-order chi connectivity index (χ0) is 60.1. The molecule has 9 atom stereocenters. The van der Waals surface area contributed by atoms with Crippen molar-refractivity contribution in [2.24, 2.45) is 60.3 Å². The van der Waals surface area contributed by atoms with Crippen molar-refractivity contribution in [1.82, 2.24) is 10.3 Å². The molecule has 21 nitrogen and oxygen atoms in total. The number of hydrogen-bond acceptors (Lipinski definition) is 19. The molecule has 1 amide bonds. The van der Waals surface area contributed by atoms with E-state index in [1.165, 1.54) is 42.7 Å². The van der Waals surface area contributed by atoms with Gasteiger partial charge in [-0.05, 0) is 92.7 Å². The molecular weight excluding hydrogens is 1090 g/mol. The van der Waals surface area contributed by atoms with Gasteiger partial charge in [0.15, 0.2) is 0 Å². The van der Waals surface area contributed by atoms with E-state index in [0.717, 1.165) is 5.56 Å². The molecular formula is C59H77CoN8O13. The average molecular weight is 1170 g/mol. The second-order valence-electron chi connectivity index (χ2n) is 22.2. The van der Waals surface area contributed by atoms with Gasteiger partial charge in [-0.15, -0.1) is 0 Å². The summed E-state index contributed by atoms with van der Waals surface area (Å²) < 4.78 is 31.6. The third-order valence-electron chi connectivity index (χ3n) is 17.8. The van der Waals surface area contributed by atoms with E-state index in [1.54, 1.807) is 12.4 Å². The summed E-state index contributed by atoms with van der Waals surface area (Å²) in [5.74, 6) is -5.63. The van der Waals surface area contributed by atoms with Crippen molar-refractivity contribution in [1.29, 1.82) is 10.5 Å². The Labute approximate surface area is 486 Å². The third kappa shape index (κ3) is 13.8. The standard InChI is InChI=1S/C57H78N6O13.2CN.Co/c1-32-48-36(16-19-43(66)72-10)53(3,4)40(61-48)28-39-35(15-18-42(65)71-9)55(6,29-41(64)59-31-34-22-25-58-26-23-34)51(60-39)33(2)49-37(17-20-44(67)73-11)56(7,30-47(70)76-14)57(8,63-49)52-38(27-46(69)75-13)54(5,50(32)62-52)24-21-45(68)74-12;2*1-2;/h22-23,25-26,28,35-38,52H,15-21,24,27,29-31H2,1-14H3,(H2,59,60,61,62,63,64);;;/q;2*-1;+3/p-1/t35-,36-,37-,38+,52?,54-,55+,56+,57+;;;/m1.../s1. The van der Waals surface area contributed by atoms with Crippen LogP contribution in [0.1, 0.15) is 132 Å². The van der Waals surface area contributed by atoms with Crippen molar-refractivity contribution in [2.75, 3.05) is 42.7 Å². The second kappa shape index (κ2) is 28.6. The van der Waals surface area contributed by atoms with Crippen LogP contribution in [0, 0.1) is 69.0 Å². The molecule has 81 heavy (non-hydrogen) atoms. The molecule has 0 aromatic carbocycles. The number of aromatic nitrogens is 1. The Kier molecular flexibility index (Phi) is 24.1. The number of carbonyl (C=O) groups is 7. The van der Waals surface area contributed by atoms with Crippen molar-refractivity contribution < 1.29 is 78.8 Å². The predicted octanol–water partition coefficient (Wildman–Crippen LogP) is 8.05. The number of ether oxygens (including phenoxy) is 6. The number of rotatable bonds is 20. The Morgan fingerprint density at radius 1 is 0.630 bits per heavy atom. The molecule has 1 unspecified atom stereocenters. The van der Waals surface area contributed by atoms with Crippen LogP contribution >= 0.6 is 0 Å². The van der Waals surface area contributed by atoms with E-state index in [-0.39, 0.29) is 93.4 Å². The summed E-state index contributed by atoms with van der Waals surface area (Å²) in [7, 11) is 7.90. The van der Waals surface area contributed by atoms with Gasteiger partial charge < -0.3 is 62.7 Å². The molecule has 5 aliphatic heterocycles. The van der Waals surface area contributed by atoms with E-state index in [4.69, 9.17) is 72.4 Å². The number of methoxy groups -OCH3 is 6. The topological polar surface area (TPSA) is 299 Å². The molecule has 6 rings (SSSR count). The molecule has 0 radical (unpaired) electrons. The number of pyridine rings is 1. The van der Waals surface area contributed by atoms with E-state index in [1.807, 2.05) is 59.8 Å². The summed E-state index contributed by atoms with van der Waals surface area (Å²) in [6, 6.07) is 2.72. The van der Waals surface area contributed by atoms with Crippen molar-refractivity contribution >= 4 is 58.9 Å². The SMILES string of the molecule is COC(=O)CC[C@@H]1C2=NC(=C\C3=NC(=C(/C)C4=N[C@@](C)(C5[N-]/C(=C\2C)[C@](C)(CCC(=O)OC)[C@H]5CC(=O)OC)[C@@](C)(CC(=O)OC)[C@@H]4CCC(=O)OC)/[C@@](C)(CC(=O)NCc2ccncc2)[C@@H]3CCC(=O)OC)/C1(C)C.[C-]#N.[C-]#N.[Co+3]. The molecule has 1 saturated heterocycles. The van der Waals surface area contributed by atoms with Crippen LogP contribution < -0.4 is 5.32 Å². The van der Waals surface area contributed by atoms with Crippen LogP contribution in [0.4, 0.5) is 0 Å². The fourth-order valence-electron chi connectivity index (χ4n) is 12.9. The third-order valence-corrected chi connectivity index (χ3v) is 17.8. The maximum Gasteiger partial charge on any atom is 3.00 e. The van der Waals surface area contributed by atoms with Gasteiger partial charge in [-0.2, -0.15) is 5.70 Å². The Hall–Kier alpha value is -7.04. The molecule has 1 aromatic heterocycles. The average Bonchev–Trinajstić information content (AvgIpc) is 3.03. The van der Waals surface area contributed by atoms with Crippen LogP contribution in [0.25, 0.3) is 5.32 Å². The van der Waals surface area contributed by atoms with Gasteiger partial charge in [-0.3, -0.25) is 53.5 Å². The molecule has 5 aliphatic rings. The van der Waals surface area contributed by atoms with Gasteiger partial charge in [0, 0.05) is 114 Å². The number of fused-ring (bicyclic) bond motifs is 6. The Balaban J connectivity index is 0.00000337. The van der Waals surface area contributed by atoms with Crippen LogP contribution in [0.3, 0.4) is 0 Å². The minimum absolute atomic E-state index is 0. The summed E-state index contributed by atoms with van der Waals surface area (Å²) in [5, 5.41) is 21.3. The zero-order valence-corrected chi connectivity index (χ0v) is 50.1. The molecule has 0 saturated carbocycles. The fourth-order valence-corrected chi connectivity index (χ4v) is 12.9. The van der Waals surface area contributed by atoms with Crippen molar-refractivity contribution in [2.45, 2.75) is 144 Å². The van der Waals surface area contributed by atoms with Crippen LogP contribution in [-0.2, 0) is 85.3 Å². The molecule has 0 spiro atoms. The minimum atomic E-state index is -1.40. The van der Waals surface area contributed by atoms with Gasteiger partial charge in [-0.25, -0.2) is 0 Å². The largest absolute Gasteiger partial charge is 3.00 e. The molecule has 8 bridgehead atoms. The number of carbonyl (C=O) groups excluding carboxylic acids is 7. The van der Waals surface area contributed by atoms with E-state index in [2.05, 4.69) is 24.1 Å². The first-order chi connectivity index (χ1) is 37.8. The van der Waals surface area contributed by atoms with Gasteiger partial charge in [0.25, 0.3) is 0 Å². The van der Waals surface area contributed by atoms with Crippen molar-refractivity contribution in [3.8, 4) is 0 Å². The normalized spacial score (nSPS) is 29.8. The Bertz CT molecular complexity index is 2780. The molecule has 1 aromatic rings. The zero-order valence-electron chi connectivity index (χ0n) is 49.0. The number of nitrogens with one attached hydrogen (secondary N) is 1. The first-order valence-corrected chi connectivity index (χ1v) is 26.5. The van der Waals surface area contributed by atoms with Crippen molar-refractivity contribution in [3.05, 3.63) is 82.9 Å². The van der Waals surface area contributed by atoms with E-state index in [9.17, 15) is 33.6 Å². The first-order valence-electron chi connectivity index (χ1n) is 26.5. The van der Waals surface area contributed by atoms with E-state index >= 15 is 0 Å². The van der Waals surface area contributed by atoms with Gasteiger partial charge in [0.05, 0.1) is 60.3 Å². The number of hydrogen-bond donors (Lipinski definition) is 1. The van der Waals surface area contributed by atoms with Crippen LogP contribution in [0.15, 0.2) is 73.8 Å². The summed E-state index contributed by atoms with van der Waals surface area (Å²) in [4.78, 5) is 116. The van der Waals surface area contributed by atoms with E-state index in [0.29, 0.717) is 51.8 Å². The number of amides is 1. The molecule has 6 heterocycles. The van der Waals surface area contributed by atoms with Gasteiger partial charge in [0.1, 0.15) is 0 Å². The number of aliphatic imine (C=N–C) groups is 3. The smallest absolute Gasteiger partial charge is 0.682 e. The van der Waals surface area contributed by atoms with E-state index < -0.39 is 92.7 Å². The first kappa shape index (κ1) is 68.2. The summed E-state index contributed by atoms with van der Waals surface area (Å²) in [6.45, 7) is 25.4. The van der Waals surface area contributed by atoms with Crippen molar-refractivity contribution in [3.63, 3.8) is 0 Å². The summed E-state index contributed by atoms with van der Waals surface area (Å²) >= 11 is 0. The molecule has 440 valence electrons. The molecule has 1 N–H and O–H groups in total. The van der Waals surface area contributed by atoms with Crippen LogP contribution in [0.2, 0.25) is 0 Å². The van der Waals surface area contributed by atoms with Gasteiger partial charge in [0.2, 0.25) is 5.91 Å². The predicted molar refractivity (Wildman–Crippen MR) is 292 cm³/mol. The van der Waals surface area contributed by atoms with Crippen LogP contribution in [0.5, 0.6) is 0 Å². The second-order valence-corrected chi connectivity index (χ2v) is 22.2. The molecule has 22 heteroatoms. The fraction of sp³-hybridized carbons (Fsp3) is 0.610. The minimum Gasteiger partial charge on any atom is -0.682 e. The van der Waals surface area contributed by atoms with Gasteiger partial charge >= 0.3 is 52.6 Å². The monoisotopic (exact) mass is 1160 g/mol. The number of nitrogens with zero attached hydrogens (tertiary/aromatic N) is 7. The summed E-state index contributed by atoms with van der Waals surface area (Å²) in [5.41, 5.74) is -0.155. The maximum atomic E-state index is 14.6. The van der Waals surface area contributed by atoms with Gasteiger partial charge in [-0.1, -0.05) is 40.7 Å². The Morgan fingerprint density at radius 2 is 1.14 bits per heavy atom. The number of esters is 6. The Morgan fingerprint density at radius 3 is 1.67 bits per heavy atom. The maximum absolute atomic E-state index is 14.6. The number of allylic oxidation sites excluding steroid dienone is 6. The summed E-state index contributed by atoms with van der Waals surface area (Å²) in [6.07, 6.45) is 5.56. The van der Waals surface area contributed by atoms with Crippen LogP contribution in [-0.4, -0.2) is 118 Å². The molecule has 1 fully saturated rings.